The first-order valence-electron chi connectivity index (χ1n) is 8.26. The largest absolute Gasteiger partial charge is 0.390 e. The maximum Gasteiger partial charge on any atom is 0.164 e. The summed E-state index contributed by atoms with van der Waals surface area (Å²) >= 11 is 13.6. The number of aromatic nitrogens is 4. The van der Waals surface area contributed by atoms with Crippen molar-refractivity contribution >= 4 is 51.4 Å². The van der Waals surface area contributed by atoms with Gasteiger partial charge in [0.1, 0.15) is 26.9 Å². The van der Waals surface area contributed by atoms with Gasteiger partial charge in [0.15, 0.2) is 5.65 Å². The monoisotopic (exact) mass is 411 g/mol. The SMILES string of the molecule is O[C@@H]1[C@H](O)[C@@H]2C[C@@H]2[C@H]1n1cnc2c(NCc3nc(Cl)cs3)cc(Cl)nc21. The van der Waals surface area contributed by atoms with Crippen molar-refractivity contribution in [1.82, 2.24) is 19.5 Å². The average molecular weight is 412 g/mol. The number of halogens is 2. The molecule has 0 saturated heterocycles. The van der Waals surface area contributed by atoms with Crippen LogP contribution in [0.15, 0.2) is 17.8 Å². The first kappa shape index (κ1) is 16.7. The molecule has 0 unspecified atom stereocenters. The number of imidazole rings is 1. The summed E-state index contributed by atoms with van der Waals surface area (Å²) in [5, 5.41) is 27.2. The fourth-order valence-electron chi connectivity index (χ4n) is 3.97. The van der Waals surface area contributed by atoms with Crippen molar-refractivity contribution in [2.24, 2.45) is 11.8 Å². The summed E-state index contributed by atoms with van der Waals surface area (Å²) in [6.07, 6.45) is 1.08. The first-order valence-corrected chi connectivity index (χ1v) is 9.89. The molecule has 3 heterocycles. The van der Waals surface area contributed by atoms with Gasteiger partial charge in [0, 0.05) is 11.4 Å². The van der Waals surface area contributed by atoms with Crippen LogP contribution in [0.2, 0.25) is 10.3 Å². The van der Waals surface area contributed by atoms with Gasteiger partial charge in [-0.25, -0.2) is 15.0 Å². The molecule has 3 N–H and O–H groups in total. The number of thiazole rings is 1. The van der Waals surface area contributed by atoms with E-state index in [0.29, 0.717) is 28.0 Å². The Bertz CT molecular complexity index is 992. The Balaban J connectivity index is 1.50. The molecule has 0 aromatic carbocycles. The molecule has 3 aromatic rings. The third-order valence-corrected chi connectivity index (χ3v) is 6.61. The van der Waals surface area contributed by atoms with Crippen LogP contribution in [0.5, 0.6) is 0 Å². The molecule has 0 aliphatic heterocycles. The second kappa shape index (κ2) is 6.03. The summed E-state index contributed by atoms with van der Waals surface area (Å²) in [6, 6.07) is 1.49. The van der Waals surface area contributed by atoms with Gasteiger partial charge in [-0.15, -0.1) is 11.3 Å². The number of hydrogen-bond donors (Lipinski definition) is 3. The highest BCUT2D eigenvalue weighted by Crippen LogP contribution is 2.58. The second-order valence-corrected chi connectivity index (χ2v) is 8.49. The fourth-order valence-corrected chi connectivity index (χ4v) is 5.04. The van der Waals surface area contributed by atoms with Crippen LogP contribution in [0.3, 0.4) is 0 Å². The van der Waals surface area contributed by atoms with Gasteiger partial charge in [0.2, 0.25) is 0 Å². The number of rotatable bonds is 4. The lowest BCUT2D eigenvalue weighted by molar-refractivity contribution is 0.00386. The summed E-state index contributed by atoms with van der Waals surface area (Å²) in [6.45, 7) is 0.495. The molecule has 5 rings (SSSR count). The van der Waals surface area contributed by atoms with E-state index in [1.165, 1.54) is 11.3 Å². The predicted molar refractivity (Wildman–Crippen MR) is 99.6 cm³/mol. The molecule has 2 saturated carbocycles. The van der Waals surface area contributed by atoms with Crippen molar-refractivity contribution in [2.75, 3.05) is 5.32 Å². The summed E-state index contributed by atoms with van der Waals surface area (Å²) in [5.41, 5.74) is 2.01. The standard InChI is InChI=1S/C16H15Cl2N5O2S/c17-9-2-8(19-3-11-21-10(18)4-26-11)12-16(22-9)23(5-20-12)13-6-1-7(6)14(24)15(13)25/h2,4-7,13-15,24-25H,1,3H2,(H,19,22)/t6-,7+,13+,14+,15-/m0/s1. The number of nitrogens with one attached hydrogen (secondary N) is 1. The maximum absolute atomic E-state index is 10.4. The highest BCUT2D eigenvalue weighted by molar-refractivity contribution is 7.10. The Morgan fingerprint density at radius 1 is 1.19 bits per heavy atom. The fraction of sp³-hybridized carbons (Fsp3) is 0.438. The maximum atomic E-state index is 10.4. The molecule has 2 fully saturated rings. The molecule has 2 aliphatic rings. The number of fused-ring (bicyclic) bond motifs is 2. The highest BCUT2D eigenvalue weighted by atomic mass is 35.5. The van der Waals surface area contributed by atoms with E-state index in [2.05, 4.69) is 20.3 Å². The van der Waals surface area contributed by atoms with E-state index < -0.39 is 12.2 Å². The minimum atomic E-state index is -0.814. The number of aliphatic hydroxyl groups is 2. The predicted octanol–water partition coefficient (Wildman–Crippen LogP) is 2.72. The minimum absolute atomic E-state index is 0.166. The Hall–Kier alpha value is -1.45. The molecule has 26 heavy (non-hydrogen) atoms. The zero-order chi connectivity index (χ0) is 18.0. The lowest BCUT2D eigenvalue weighted by Crippen LogP contribution is -2.31. The van der Waals surface area contributed by atoms with Crippen molar-refractivity contribution in [2.45, 2.75) is 31.2 Å². The smallest absolute Gasteiger partial charge is 0.164 e. The molecule has 0 bridgehead atoms. The van der Waals surface area contributed by atoms with E-state index in [1.807, 2.05) is 4.57 Å². The molecule has 3 aromatic heterocycles. The van der Waals surface area contributed by atoms with E-state index in [4.69, 9.17) is 23.2 Å². The van der Waals surface area contributed by atoms with Gasteiger partial charge in [0.05, 0.1) is 30.7 Å². The molecule has 0 amide bonds. The van der Waals surface area contributed by atoms with Gasteiger partial charge < -0.3 is 20.1 Å². The number of anilines is 1. The minimum Gasteiger partial charge on any atom is -0.390 e. The zero-order valence-electron chi connectivity index (χ0n) is 13.4. The first-order chi connectivity index (χ1) is 12.5. The number of nitrogens with zero attached hydrogens (tertiary/aromatic N) is 4. The number of pyridine rings is 1. The third-order valence-electron chi connectivity index (χ3n) is 5.24. The molecule has 136 valence electrons. The molecular formula is C16H15Cl2N5O2S. The van der Waals surface area contributed by atoms with Crippen LogP contribution < -0.4 is 5.32 Å². The van der Waals surface area contributed by atoms with Gasteiger partial charge in [-0.3, -0.25) is 0 Å². The molecule has 2 aliphatic carbocycles. The van der Waals surface area contributed by atoms with Gasteiger partial charge in [-0.05, 0) is 18.3 Å². The summed E-state index contributed by atoms with van der Waals surface area (Å²) in [4.78, 5) is 13.1. The Morgan fingerprint density at radius 3 is 2.73 bits per heavy atom. The van der Waals surface area contributed by atoms with Gasteiger partial charge in [0.25, 0.3) is 0 Å². The molecule has 0 spiro atoms. The average Bonchev–Trinajstić information content (AvgIpc) is 2.98. The molecule has 10 heteroatoms. The zero-order valence-corrected chi connectivity index (χ0v) is 15.7. The Labute approximate surface area is 162 Å². The van der Waals surface area contributed by atoms with Gasteiger partial charge in [-0.1, -0.05) is 23.2 Å². The van der Waals surface area contributed by atoms with Crippen molar-refractivity contribution in [3.05, 3.63) is 33.1 Å². The van der Waals surface area contributed by atoms with Crippen LogP contribution in [0.25, 0.3) is 11.2 Å². The van der Waals surface area contributed by atoms with E-state index in [-0.39, 0.29) is 17.9 Å². The number of hydrogen-bond acceptors (Lipinski definition) is 7. The van der Waals surface area contributed by atoms with Crippen LogP contribution >= 0.6 is 34.5 Å². The quantitative estimate of drug-likeness (QED) is 0.571. The highest BCUT2D eigenvalue weighted by Gasteiger charge is 2.60. The lowest BCUT2D eigenvalue weighted by atomic mass is 10.1. The van der Waals surface area contributed by atoms with Crippen LogP contribution in [0, 0.1) is 11.8 Å². The van der Waals surface area contributed by atoms with E-state index >= 15 is 0 Å². The van der Waals surface area contributed by atoms with Gasteiger partial charge in [-0.2, -0.15) is 0 Å². The van der Waals surface area contributed by atoms with Crippen LogP contribution in [0.4, 0.5) is 5.69 Å². The van der Waals surface area contributed by atoms with Crippen molar-refractivity contribution < 1.29 is 10.2 Å². The Morgan fingerprint density at radius 2 is 2.04 bits per heavy atom. The Kier molecular flexibility index (Phi) is 3.88. The second-order valence-electron chi connectivity index (χ2n) is 6.77. The topological polar surface area (TPSA) is 96.1 Å². The van der Waals surface area contributed by atoms with E-state index in [9.17, 15) is 10.2 Å². The van der Waals surface area contributed by atoms with Crippen molar-refractivity contribution in [1.29, 1.82) is 0 Å². The van der Waals surface area contributed by atoms with E-state index in [0.717, 1.165) is 17.1 Å². The van der Waals surface area contributed by atoms with Crippen molar-refractivity contribution in [3.8, 4) is 0 Å². The van der Waals surface area contributed by atoms with Gasteiger partial charge >= 0.3 is 0 Å². The van der Waals surface area contributed by atoms with Crippen LogP contribution in [-0.4, -0.2) is 41.9 Å². The van der Waals surface area contributed by atoms with Crippen LogP contribution in [0.1, 0.15) is 17.5 Å². The summed E-state index contributed by atoms with van der Waals surface area (Å²) in [5.74, 6) is 0.422. The summed E-state index contributed by atoms with van der Waals surface area (Å²) < 4.78 is 1.85. The molecule has 0 radical (unpaired) electrons. The normalized spacial score (nSPS) is 29.9. The molecule has 5 atom stereocenters. The molecular weight excluding hydrogens is 397 g/mol. The summed E-state index contributed by atoms with van der Waals surface area (Å²) in [7, 11) is 0. The third kappa shape index (κ3) is 2.59. The lowest BCUT2D eigenvalue weighted by Gasteiger charge is -2.22. The van der Waals surface area contributed by atoms with Crippen molar-refractivity contribution in [3.63, 3.8) is 0 Å². The van der Waals surface area contributed by atoms with Crippen LogP contribution in [-0.2, 0) is 6.54 Å². The van der Waals surface area contributed by atoms with E-state index in [1.54, 1.807) is 17.8 Å². The molecule has 7 nitrogen and oxygen atoms in total. The number of aliphatic hydroxyl groups excluding tert-OH is 2.